The number of hydrogen-bond acceptors (Lipinski definition) is 6. The second-order valence-corrected chi connectivity index (χ2v) is 8.52. The Hall–Kier alpha value is -2.94. The summed E-state index contributed by atoms with van der Waals surface area (Å²) in [4.78, 5) is 12.4. The van der Waals surface area contributed by atoms with E-state index in [9.17, 15) is 13.2 Å². The second kappa shape index (κ2) is 10.7. The van der Waals surface area contributed by atoms with Crippen molar-refractivity contribution in [1.82, 2.24) is 5.32 Å². The molecule has 0 aliphatic rings. The summed E-state index contributed by atoms with van der Waals surface area (Å²) < 4.78 is 41.3. The van der Waals surface area contributed by atoms with Gasteiger partial charge in [-0.25, -0.2) is 8.42 Å². The lowest BCUT2D eigenvalue weighted by Crippen LogP contribution is -2.40. The highest BCUT2D eigenvalue weighted by Crippen LogP contribution is 2.33. The third-order valence-electron chi connectivity index (χ3n) is 4.44. The van der Waals surface area contributed by atoms with Crippen LogP contribution in [0.1, 0.15) is 12.0 Å². The maximum atomic E-state index is 12.4. The number of nitrogens with zero attached hydrogens (tertiary/aromatic N) is 1. The third kappa shape index (κ3) is 6.55. The van der Waals surface area contributed by atoms with E-state index in [1.54, 1.807) is 25.3 Å². The summed E-state index contributed by atoms with van der Waals surface area (Å²) in [5.74, 6) is 1.20. The highest BCUT2D eigenvalue weighted by Gasteiger charge is 2.24. The topological polar surface area (TPSA) is 94.2 Å². The van der Waals surface area contributed by atoms with Gasteiger partial charge in [0.25, 0.3) is 0 Å². The number of anilines is 1. The lowest BCUT2D eigenvalue weighted by molar-refractivity contribution is -0.119. The van der Waals surface area contributed by atoms with Crippen molar-refractivity contribution in [1.29, 1.82) is 0 Å². The molecular formula is C21H28N2O6S. The number of amides is 1. The standard InChI is InChI=1S/C21H28N2O6S/c1-27-17-9-5-7-16(13-17)8-6-12-22-21(24)15-23(30(4,25)26)19-11-10-18(28-2)14-20(19)29-3/h5,7,9-11,13-14H,6,8,12,15H2,1-4H3,(H,22,24). The molecule has 0 atom stereocenters. The first kappa shape index (κ1) is 23.3. The van der Waals surface area contributed by atoms with Crippen LogP contribution >= 0.6 is 0 Å². The van der Waals surface area contributed by atoms with Gasteiger partial charge < -0.3 is 19.5 Å². The van der Waals surface area contributed by atoms with Crippen LogP contribution in [0.3, 0.4) is 0 Å². The molecule has 0 unspecified atom stereocenters. The summed E-state index contributed by atoms with van der Waals surface area (Å²) in [6.07, 6.45) is 2.52. The van der Waals surface area contributed by atoms with Crippen molar-refractivity contribution >= 4 is 21.6 Å². The quantitative estimate of drug-likeness (QED) is 0.543. The van der Waals surface area contributed by atoms with Crippen LogP contribution in [0, 0.1) is 0 Å². The number of rotatable bonds is 11. The van der Waals surface area contributed by atoms with Crippen LogP contribution in [0.15, 0.2) is 42.5 Å². The molecule has 0 aliphatic heterocycles. The molecule has 0 heterocycles. The van der Waals surface area contributed by atoms with Crippen LogP contribution < -0.4 is 23.8 Å². The number of nitrogens with one attached hydrogen (secondary N) is 1. The minimum absolute atomic E-state index is 0.271. The Morgan fingerprint density at radius 1 is 1.00 bits per heavy atom. The predicted octanol–water partition coefficient (Wildman–Crippen LogP) is 2.23. The highest BCUT2D eigenvalue weighted by atomic mass is 32.2. The first-order chi connectivity index (χ1) is 14.3. The van der Waals surface area contributed by atoms with Gasteiger partial charge in [0.15, 0.2) is 0 Å². The smallest absolute Gasteiger partial charge is 0.240 e. The normalized spacial score (nSPS) is 10.9. The third-order valence-corrected chi connectivity index (χ3v) is 5.57. The maximum Gasteiger partial charge on any atom is 0.240 e. The molecule has 30 heavy (non-hydrogen) atoms. The van der Waals surface area contributed by atoms with Crippen LogP contribution in [-0.2, 0) is 21.2 Å². The molecule has 0 saturated heterocycles. The minimum Gasteiger partial charge on any atom is -0.497 e. The van der Waals surface area contributed by atoms with E-state index < -0.39 is 15.9 Å². The van der Waals surface area contributed by atoms with Gasteiger partial charge >= 0.3 is 0 Å². The van der Waals surface area contributed by atoms with Crippen molar-refractivity contribution < 1.29 is 27.4 Å². The Kier molecular flexibility index (Phi) is 8.35. The number of aryl methyl sites for hydroxylation is 1. The Morgan fingerprint density at radius 3 is 2.33 bits per heavy atom. The minimum atomic E-state index is -3.71. The molecular weight excluding hydrogens is 408 g/mol. The van der Waals surface area contributed by atoms with E-state index in [-0.39, 0.29) is 12.2 Å². The summed E-state index contributed by atoms with van der Waals surface area (Å²) in [5.41, 5.74) is 1.37. The number of carbonyl (C=O) groups excluding carboxylic acids is 1. The lowest BCUT2D eigenvalue weighted by atomic mass is 10.1. The van der Waals surface area contributed by atoms with Gasteiger partial charge in [-0.05, 0) is 42.7 Å². The summed E-state index contributed by atoms with van der Waals surface area (Å²) >= 11 is 0. The fraction of sp³-hybridized carbons (Fsp3) is 0.381. The molecule has 0 spiro atoms. The van der Waals surface area contributed by atoms with Gasteiger partial charge in [-0.2, -0.15) is 0 Å². The van der Waals surface area contributed by atoms with E-state index in [1.807, 2.05) is 24.3 Å². The summed E-state index contributed by atoms with van der Waals surface area (Å²) in [5, 5.41) is 2.77. The van der Waals surface area contributed by atoms with Gasteiger partial charge in [0, 0.05) is 12.6 Å². The van der Waals surface area contributed by atoms with E-state index >= 15 is 0 Å². The summed E-state index contributed by atoms with van der Waals surface area (Å²) in [7, 11) is 0.837. The number of ether oxygens (including phenoxy) is 3. The first-order valence-electron chi connectivity index (χ1n) is 9.38. The van der Waals surface area contributed by atoms with Crippen molar-refractivity contribution in [3.63, 3.8) is 0 Å². The van der Waals surface area contributed by atoms with Crippen LogP contribution in [0.4, 0.5) is 5.69 Å². The van der Waals surface area contributed by atoms with Crippen molar-refractivity contribution in [2.75, 3.05) is 45.0 Å². The number of hydrogen-bond donors (Lipinski definition) is 1. The van der Waals surface area contributed by atoms with E-state index in [1.165, 1.54) is 14.2 Å². The fourth-order valence-electron chi connectivity index (χ4n) is 2.91. The maximum absolute atomic E-state index is 12.4. The zero-order valence-electron chi connectivity index (χ0n) is 17.7. The molecule has 2 aromatic rings. The molecule has 1 N–H and O–H groups in total. The second-order valence-electron chi connectivity index (χ2n) is 6.61. The molecule has 164 valence electrons. The molecule has 0 bridgehead atoms. The van der Waals surface area contributed by atoms with Gasteiger partial charge in [-0.3, -0.25) is 9.10 Å². The van der Waals surface area contributed by atoms with Crippen LogP contribution in [0.5, 0.6) is 17.2 Å². The van der Waals surface area contributed by atoms with Gasteiger partial charge in [-0.1, -0.05) is 12.1 Å². The molecule has 2 aromatic carbocycles. The molecule has 0 radical (unpaired) electrons. The Labute approximate surface area is 177 Å². The Bertz CT molecular complexity index is 962. The molecule has 0 aliphatic carbocycles. The number of methoxy groups -OCH3 is 3. The predicted molar refractivity (Wildman–Crippen MR) is 116 cm³/mol. The largest absolute Gasteiger partial charge is 0.497 e. The Morgan fingerprint density at radius 2 is 1.70 bits per heavy atom. The molecule has 8 nitrogen and oxygen atoms in total. The number of carbonyl (C=O) groups is 1. The summed E-state index contributed by atoms with van der Waals surface area (Å²) in [6.45, 7) is 0.0775. The SMILES string of the molecule is COc1cccc(CCCNC(=O)CN(c2ccc(OC)cc2OC)S(C)(=O)=O)c1. The van der Waals surface area contributed by atoms with E-state index in [4.69, 9.17) is 14.2 Å². The molecule has 1 amide bonds. The van der Waals surface area contributed by atoms with Crippen LogP contribution in [-0.4, -0.2) is 55.0 Å². The molecule has 0 saturated carbocycles. The zero-order chi connectivity index (χ0) is 22.1. The van der Waals surface area contributed by atoms with E-state index in [0.29, 0.717) is 24.5 Å². The average Bonchev–Trinajstić information content (AvgIpc) is 2.74. The van der Waals surface area contributed by atoms with E-state index in [0.717, 1.165) is 28.3 Å². The van der Waals surface area contributed by atoms with Crippen LogP contribution in [0.2, 0.25) is 0 Å². The van der Waals surface area contributed by atoms with Crippen molar-refractivity contribution in [3.05, 3.63) is 48.0 Å². The molecule has 2 rings (SSSR count). The monoisotopic (exact) mass is 436 g/mol. The molecule has 0 fully saturated rings. The first-order valence-corrected chi connectivity index (χ1v) is 11.2. The van der Waals surface area contributed by atoms with Crippen molar-refractivity contribution in [3.8, 4) is 17.2 Å². The number of benzene rings is 2. The van der Waals surface area contributed by atoms with E-state index in [2.05, 4.69) is 5.32 Å². The lowest BCUT2D eigenvalue weighted by Gasteiger charge is -2.24. The Balaban J connectivity index is 1.99. The molecule has 9 heteroatoms. The van der Waals surface area contributed by atoms with Gasteiger partial charge in [0.1, 0.15) is 23.8 Å². The van der Waals surface area contributed by atoms with Gasteiger partial charge in [0.2, 0.25) is 15.9 Å². The fourth-order valence-corrected chi connectivity index (χ4v) is 3.77. The number of sulfonamides is 1. The zero-order valence-corrected chi connectivity index (χ0v) is 18.5. The van der Waals surface area contributed by atoms with Crippen molar-refractivity contribution in [2.24, 2.45) is 0 Å². The molecule has 0 aromatic heterocycles. The van der Waals surface area contributed by atoms with Crippen LogP contribution in [0.25, 0.3) is 0 Å². The van der Waals surface area contributed by atoms with Gasteiger partial charge in [-0.15, -0.1) is 0 Å². The van der Waals surface area contributed by atoms with Gasteiger partial charge in [0.05, 0.1) is 33.3 Å². The van der Waals surface area contributed by atoms with Crippen molar-refractivity contribution in [2.45, 2.75) is 12.8 Å². The average molecular weight is 437 g/mol. The summed E-state index contributed by atoms with van der Waals surface area (Å²) in [6, 6.07) is 12.5. The highest BCUT2D eigenvalue weighted by molar-refractivity contribution is 7.92.